The Morgan fingerprint density at radius 3 is 2.75 bits per heavy atom. The van der Waals surface area contributed by atoms with Gasteiger partial charge in [0.1, 0.15) is 22.8 Å². The highest BCUT2D eigenvalue weighted by atomic mass is 32.1. The highest BCUT2D eigenvalue weighted by Gasteiger charge is 2.13. The summed E-state index contributed by atoms with van der Waals surface area (Å²) in [6.07, 6.45) is 1.44. The Morgan fingerprint density at radius 1 is 1.17 bits per heavy atom. The number of hydrogen-bond acceptors (Lipinski definition) is 6. The second-order valence-corrected chi connectivity index (χ2v) is 5.86. The van der Waals surface area contributed by atoms with Crippen molar-refractivity contribution >= 4 is 11.3 Å². The Morgan fingerprint density at radius 2 is 2.00 bits per heavy atom. The van der Waals surface area contributed by atoms with Crippen LogP contribution in [0, 0.1) is 5.82 Å². The van der Waals surface area contributed by atoms with Crippen LogP contribution in [0.1, 0.15) is 5.69 Å². The van der Waals surface area contributed by atoms with E-state index in [0.29, 0.717) is 22.1 Å². The van der Waals surface area contributed by atoms with Gasteiger partial charge in [-0.25, -0.2) is 14.2 Å². The van der Waals surface area contributed by atoms with Crippen molar-refractivity contribution in [2.75, 3.05) is 0 Å². The number of aromatic nitrogens is 5. The van der Waals surface area contributed by atoms with Crippen LogP contribution in [0.25, 0.3) is 16.5 Å². The first kappa shape index (κ1) is 14.5. The third kappa shape index (κ3) is 2.65. The zero-order valence-corrected chi connectivity index (χ0v) is 13.0. The molecule has 9 heteroatoms. The van der Waals surface area contributed by atoms with Gasteiger partial charge in [-0.1, -0.05) is 0 Å². The number of halogens is 1. The maximum atomic E-state index is 13.0. The lowest BCUT2D eigenvalue weighted by Crippen LogP contribution is -2.24. The summed E-state index contributed by atoms with van der Waals surface area (Å²) in [5.41, 5.74) is 0.815. The molecule has 0 N–H and O–H groups in total. The van der Waals surface area contributed by atoms with Gasteiger partial charge in [0.05, 0.1) is 6.54 Å². The molecule has 1 aromatic carbocycles. The van der Waals surface area contributed by atoms with Gasteiger partial charge < -0.3 is 4.42 Å². The predicted molar refractivity (Wildman–Crippen MR) is 84.5 cm³/mol. The van der Waals surface area contributed by atoms with Crippen molar-refractivity contribution < 1.29 is 8.81 Å². The summed E-state index contributed by atoms with van der Waals surface area (Å²) in [4.78, 5) is 16.6. The maximum absolute atomic E-state index is 13.0. The second kappa shape index (κ2) is 5.85. The smallest absolute Gasteiger partial charge is 0.369 e. The van der Waals surface area contributed by atoms with Gasteiger partial charge in [0.25, 0.3) is 0 Å². The van der Waals surface area contributed by atoms with Crippen LogP contribution in [0.15, 0.2) is 57.3 Å². The minimum absolute atomic E-state index is 0.134. The quantitative estimate of drug-likeness (QED) is 0.568. The monoisotopic (exact) mass is 343 g/mol. The van der Waals surface area contributed by atoms with E-state index >= 15 is 0 Å². The highest BCUT2D eigenvalue weighted by molar-refractivity contribution is 7.12. The average molecular weight is 343 g/mol. The zero-order chi connectivity index (χ0) is 16.5. The lowest BCUT2D eigenvalue weighted by atomic mass is 10.2. The Bertz CT molecular complexity index is 1020. The zero-order valence-electron chi connectivity index (χ0n) is 12.2. The SMILES string of the molecule is O=c1n(Cc2coc(-c3ccc(F)cc3)n2)nnn1-c1cccs1. The van der Waals surface area contributed by atoms with Crippen LogP contribution in [-0.4, -0.2) is 24.8 Å². The molecule has 0 saturated carbocycles. The normalized spacial score (nSPS) is 11.0. The molecule has 0 aliphatic rings. The van der Waals surface area contributed by atoms with E-state index in [1.165, 1.54) is 39.1 Å². The fourth-order valence-electron chi connectivity index (χ4n) is 2.16. The minimum Gasteiger partial charge on any atom is -0.444 e. The van der Waals surface area contributed by atoms with Crippen molar-refractivity contribution in [3.8, 4) is 16.5 Å². The summed E-state index contributed by atoms with van der Waals surface area (Å²) in [5.74, 6) is 0.0194. The Hall–Kier alpha value is -3.07. The third-order valence-corrected chi connectivity index (χ3v) is 4.15. The van der Waals surface area contributed by atoms with Crippen LogP contribution in [0.3, 0.4) is 0 Å². The van der Waals surface area contributed by atoms with Gasteiger partial charge in [0, 0.05) is 5.56 Å². The van der Waals surface area contributed by atoms with Crippen molar-refractivity contribution in [1.82, 2.24) is 24.8 Å². The lowest BCUT2D eigenvalue weighted by molar-refractivity contribution is 0.566. The topological polar surface area (TPSA) is 78.7 Å². The van der Waals surface area contributed by atoms with Crippen LogP contribution in [0.5, 0.6) is 0 Å². The molecule has 0 aliphatic heterocycles. The summed E-state index contributed by atoms with van der Waals surface area (Å²) in [6, 6.07) is 9.42. The molecular weight excluding hydrogens is 333 g/mol. The van der Waals surface area contributed by atoms with Crippen LogP contribution in [0.4, 0.5) is 4.39 Å². The summed E-state index contributed by atoms with van der Waals surface area (Å²) >= 11 is 1.39. The molecule has 0 amide bonds. The molecule has 0 aliphatic carbocycles. The molecule has 0 bridgehead atoms. The largest absolute Gasteiger partial charge is 0.444 e. The van der Waals surface area contributed by atoms with E-state index in [9.17, 15) is 9.18 Å². The average Bonchev–Trinajstić information content (AvgIpc) is 3.31. The molecule has 3 heterocycles. The Balaban J connectivity index is 1.59. The number of benzene rings is 1. The van der Waals surface area contributed by atoms with E-state index in [-0.39, 0.29) is 18.1 Å². The molecule has 7 nitrogen and oxygen atoms in total. The van der Waals surface area contributed by atoms with E-state index in [0.717, 1.165) is 0 Å². The number of hydrogen-bond donors (Lipinski definition) is 0. The fourth-order valence-corrected chi connectivity index (χ4v) is 2.83. The summed E-state index contributed by atoms with van der Waals surface area (Å²) in [7, 11) is 0. The molecule has 0 radical (unpaired) electrons. The maximum Gasteiger partial charge on any atom is 0.369 e. The van der Waals surface area contributed by atoms with Gasteiger partial charge in [-0.05, 0) is 52.2 Å². The van der Waals surface area contributed by atoms with Gasteiger partial charge in [-0.3, -0.25) is 0 Å². The molecule has 0 unspecified atom stereocenters. The molecule has 4 rings (SSSR count). The van der Waals surface area contributed by atoms with Gasteiger partial charge in [0.15, 0.2) is 0 Å². The number of nitrogens with zero attached hydrogens (tertiary/aromatic N) is 5. The van der Waals surface area contributed by atoms with E-state index in [4.69, 9.17) is 4.42 Å². The van der Waals surface area contributed by atoms with Gasteiger partial charge in [-0.2, -0.15) is 9.36 Å². The van der Waals surface area contributed by atoms with E-state index in [1.807, 2.05) is 11.4 Å². The molecular formula is C15H10FN5O2S. The number of rotatable bonds is 4. The van der Waals surface area contributed by atoms with Crippen molar-refractivity contribution in [2.45, 2.75) is 6.54 Å². The van der Waals surface area contributed by atoms with Crippen LogP contribution < -0.4 is 5.69 Å². The van der Waals surface area contributed by atoms with Crippen molar-refractivity contribution in [1.29, 1.82) is 0 Å². The second-order valence-electron chi connectivity index (χ2n) is 4.93. The van der Waals surface area contributed by atoms with Crippen molar-refractivity contribution in [3.63, 3.8) is 0 Å². The van der Waals surface area contributed by atoms with Gasteiger partial charge in [0.2, 0.25) is 5.89 Å². The third-order valence-electron chi connectivity index (χ3n) is 3.31. The molecule has 0 saturated heterocycles. The number of tetrazole rings is 1. The summed E-state index contributed by atoms with van der Waals surface area (Å²) < 4.78 is 20.8. The molecule has 0 spiro atoms. The van der Waals surface area contributed by atoms with Crippen molar-refractivity contribution in [2.24, 2.45) is 0 Å². The lowest BCUT2D eigenvalue weighted by Gasteiger charge is -1.95. The first-order valence-corrected chi connectivity index (χ1v) is 7.86. The van der Waals surface area contributed by atoms with E-state index < -0.39 is 0 Å². The van der Waals surface area contributed by atoms with Crippen LogP contribution >= 0.6 is 11.3 Å². The molecule has 0 atom stereocenters. The summed E-state index contributed by atoms with van der Waals surface area (Å²) in [5, 5.41) is 10.3. The Labute approximate surface area is 138 Å². The molecule has 24 heavy (non-hydrogen) atoms. The van der Waals surface area contributed by atoms with E-state index in [1.54, 1.807) is 18.2 Å². The predicted octanol–water partition coefficient (Wildman–Crippen LogP) is 2.33. The standard InChI is InChI=1S/C15H10FN5O2S/c16-11-5-3-10(4-6-11)14-17-12(9-23-14)8-20-15(22)21(19-18-20)13-2-1-7-24-13/h1-7,9H,8H2. The van der Waals surface area contributed by atoms with Crippen LogP contribution in [-0.2, 0) is 6.54 Å². The molecule has 3 aromatic heterocycles. The summed E-state index contributed by atoms with van der Waals surface area (Å²) in [6.45, 7) is 0.134. The van der Waals surface area contributed by atoms with Gasteiger partial charge >= 0.3 is 5.69 Å². The van der Waals surface area contributed by atoms with Crippen molar-refractivity contribution in [3.05, 3.63) is 70.0 Å². The number of oxazole rings is 1. The molecule has 120 valence electrons. The highest BCUT2D eigenvalue weighted by Crippen LogP contribution is 2.19. The molecule has 0 fully saturated rings. The van der Waals surface area contributed by atoms with Gasteiger partial charge in [-0.15, -0.1) is 11.3 Å². The first-order valence-electron chi connectivity index (χ1n) is 6.98. The first-order chi connectivity index (χ1) is 11.7. The Kier molecular flexibility index (Phi) is 3.54. The number of thiophene rings is 1. The molecule has 4 aromatic rings. The van der Waals surface area contributed by atoms with E-state index in [2.05, 4.69) is 15.4 Å². The fraction of sp³-hybridized carbons (Fsp3) is 0.0667. The minimum atomic E-state index is -0.358. The van der Waals surface area contributed by atoms with Crippen LogP contribution in [0.2, 0.25) is 0 Å².